The third-order valence-corrected chi connectivity index (χ3v) is 3.02. The van der Waals surface area contributed by atoms with Gasteiger partial charge in [-0.15, -0.1) is 0 Å². The second-order valence-corrected chi connectivity index (χ2v) is 4.97. The number of hydrogen-bond acceptors (Lipinski definition) is 4. The summed E-state index contributed by atoms with van der Waals surface area (Å²) < 4.78 is 4.85. The van der Waals surface area contributed by atoms with Crippen LogP contribution in [0, 0.1) is 17.8 Å². The predicted octanol–water partition coefficient (Wildman–Crippen LogP) is 2.36. The Morgan fingerprint density at radius 2 is 1.89 bits per heavy atom. The second kappa shape index (κ2) is 8.78. The third kappa shape index (κ3) is 5.38. The fraction of sp³-hybridized carbons (Fsp3) is 0.917. The zero-order chi connectivity index (χ0) is 14.1. The average Bonchev–Trinajstić information content (AvgIpc) is 2.30. The van der Waals surface area contributed by atoms with Crippen LogP contribution in [0.2, 0.25) is 0 Å². The largest absolute Gasteiger partial charge is 0.468 e. The zero-order valence-corrected chi connectivity index (χ0v) is 11.9. The lowest BCUT2D eigenvalue weighted by Crippen LogP contribution is -2.48. The summed E-state index contributed by atoms with van der Waals surface area (Å²) in [6.45, 7) is 9.17. The molecule has 6 nitrogen and oxygen atoms in total. The molecule has 0 rings (SSSR count). The molecule has 0 saturated heterocycles. The standard InChI is InChI=1S/C12H24N4O2/c1-8(2)10(9(3)4)11(12(17)18-5)14-6-7-15-16-13/h8-11,14H,6-7H2,1-5H3. The fourth-order valence-electron chi connectivity index (χ4n) is 2.36. The minimum atomic E-state index is -0.358. The molecule has 0 radical (unpaired) electrons. The Morgan fingerprint density at radius 1 is 1.33 bits per heavy atom. The first-order chi connectivity index (χ1) is 8.45. The van der Waals surface area contributed by atoms with Crippen LogP contribution in [-0.4, -0.2) is 32.2 Å². The van der Waals surface area contributed by atoms with Crippen LogP contribution >= 0.6 is 0 Å². The highest BCUT2D eigenvalue weighted by Gasteiger charge is 2.32. The first-order valence-electron chi connectivity index (χ1n) is 6.27. The van der Waals surface area contributed by atoms with Crippen molar-refractivity contribution in [3.05, 3.63) is 10.4 Å². The molecule has 0 aliphatic carbocycles. The number of rotatable bonds is 8. The summed E-state index contributed by atoms with van der Waals surface area (Å²) in [5.41, 5.74) is 8.21. The third-order valence-electron chi connectivity index (χ3n) is 3.02. The summed E-state index contributed by atoms with van der Waals surface area (Å²) in [6.07, 6.45) is 0. The summed E-state index contributed by atoms with van der Waals surface area (Å²) >= 11 is 0. The van der Waals surface area contributed by atoms with E-state index in [1.165, 1.54) is 7.11 Å². The minimum absolute atomic E-state index is 0.184. The van der Waals surface area contributed by atoms with Crippen LogP contribution in [-0.2, 0) is 9.53 Å². The van der Waals surface area contributed by atoms with E-state index < -0.39 is 0 Å². The molecule has 6 heteroatoms. The van der Waals surface area contributed by atoms with Gasteiger partial charge in [0, 0.05) is 18.0 Å². The molecular formula is C12H24N4O2. The number of azide groups is 1. The molecule has 0 bridgehead atoms. The lowest BCUT2D eigenvalue weighted by Gasteiger charge is -2.32. The number of nitrogens with zero attached hydrogens (tertiary/aromatic N) is 3. The van der Waals surface area contributed by atoms with E-state index in [0.29, 0.717) is 24.9 Å². The van der Waals surface area contributed by atoms with E-state index in [4.69, 9.17) is 10.3 Å². The topological polar surface area (TPSA) is 87.1 Å². The Labute approximate surface area is 109 Å². The number of carbonyl (C=O) groups excluding carboxylic acids is 1. The summed E-state index contributed by atoms with van der Waals surface area (Å²) in [5.74, 6) is 0.647. The summed E-state index contributed by atoms with van der Waals surface area (Å²) in [4.78, 5) is 14.5. The molecule has 0 aromatic rings. The number of nitrogens with one attached hydrogen (secondary N) is 1. The Morgan fingerprint density at radius 3 is 2.28 bits per heavy atom. The molecule has 0 amide bonds. The highest BCUT2D eigenvalue weighted by atomic mass is 16.5. The van der Waals surface area contributed by atoms with Gasteiger partial charge < -0.3 is 10.1 Å². The lowest BCUT2D eigenvalue weighted by atomic mass is 9.79. The van der Waals surface area contributed by atoms with Crippen LogP contribution in [0.3, 0.4) is 0 Å². The molecule has 0 heterocycles. The van der Waals surface area contributed by atoms with Gasteiger partial charge in [-0.2, -0.15) is 0 Å². The smallest absolute Gasteiger partial charge is 0.323 e. The Balaban J connectivity index is 4.73. The van der Waals surface area contributed by atoms with E-state index in [0.717, 1.165) is 0 Å². The van der Waals surface area contributed by atoms with Gasteiger partial charge in [-0.1, -0.05) is 32.8 Å². The van der Waals surface area contributed by atoms with E-state index in [1.807, 2.05) is 0 Å². The van der Waals surface area contributed by atoms with Gasteiger partial charge in [0.2, 0.25) is 0 Å². The van der Waals surface area contributed by atoms with Crippen molar-refractivity contribution in [3.8, 4) is 0 Å². The minimum Gasteiger partial charge on any atom is -0.468 e. The molecule has 1 unspecified atom stereocenters. The monoisotopic (exact) mass is 256 g/mol. The van der Waals surface area contributed by atoms with Crippen molar-refractivity contribution in [1.29, 1.82) is 0 Å². The first kappa shape index (κ1) is 16.7. The molecular weight excluding hydrogens is 232 g/mol. The van der Waals surface area contributed by atoms with Gasteiger partial charge in [0.1, 0.15) is 6.04 Å². The zero-order valence-electron chi connectivity index (χ0n) is 11.9. The van der Waals surface area contributed by atoms with Gasteiger partial charge in [-0.05, 0) is 23.3 Å². The summed E-state index contributed by atoms with van der Waals surface area (Å²) in [6, 6.07) is -0.358. The SMILES string of the molecule is COC(=O)C(NCCN=[N+]=[N-])C(C(C)C)C(C)C. The van der Waals surface area contributed by atoms with Crippen molar-refractivity contribution in [2.45, 2.75) is 33.7 Å². The maximum Gasteiger partial charge on any atom is 0.323 e. The Bertz CT molecular complexity index is 290. The van der Waals surface area contributed by atoms with Gasteiger partial charge in [-0.25, -0.2) is 0 Å². The van der Waals surface area contributed by atoms with Gasteiger partial charge in [0.05, 0.1) is 7.11 Å². The molecule has 0 aromatic carbocycles. The molecule has 0 aliphatic rings. The van der Waals surface area contributed by atoms with E-state index in [9.17, 15) is 4.79 Å². The quantitative estimate of drug-likeness (QED) is 0.238. The van der Waals surface area contributed by atoms with Crippen molar-refractivity contribution in [3.63, 3.8) is 0 Å². The predicted molar refractivity (Wildman–Crippen MR) is 71.0 cm³/mol. The molecule has 104 valence electrons. The molecule has 1 atom stereocenters. The van der Waals surface area contributed by atoms with Crippen LogP contribution in [0.25, 0.3) is 10.4 Å². The summed E-state index contributed by atoms with van der Waals surface area (Å²) in [7, 11) is 1.39. The van der Waals surface area contributed by atoms with E-state index >= 15 is 0 Å². The van der Waals surface area contributed by atoms with Gasteiger partial charge in [-0.3, -0.25) is 4.79 Å². The van der Waals surface area contributed by atoms with Crippen molar-refractivity contribution >= 4 is 5.97 Å². The highest BCUT2D eigenvalue weighted by Crippen LogP contribution is 2.25. The first-order valence-corrected chi connectivity index (χ1v) is 6.27. The van der Waals surface area contributed by atoms with E-state index in [1.54, 1.807) is 0 Å². The molecule has 1 N–H and O–H groups in total. The summed E-state index contributed by atoms with van der Waals surface area (Å²) in [5, 5.41) is 6.57. The molecule has 0 fully saturated rings. The van der Waals surface area contributed by atoms with Crippen molar-refractivity contribution < 1.29 is 9.53 Å². The highest BCUT2D eigenvalue weighted by molar-refractivity contribution is 5.76. The number of hydrogen-bond donors (Lipinski definition) is 1. The molecule has 0 spiro atoms. The lowest BCUT2D eigenvalue weighted by molar-refractivity contribution is -0.145. The van der Waals surface area contributed by atoms with E-state index in [-0.39, 0.29) is 17.9 Å². The van der Waals surface area contributed by atoms with Gasteiger partial charge in [0.15, 0.2) is 0 Å². The second-order valence-electron chi connectivity index (χ2n) is 4.97. The molecule has 0 saturated carbocycles. The maximum atomic E-state index is 11.8. The molecule has 0 aliphatic heterocycles. The average molecular weight is 256 g/mol. The number of methoxy groups -OCH3 is 1. The van der Waals surface area contributed by atoms with Crippen LogP contribution in [0.4, 0.5) is 0 Å². The van der Waals surface area contributed by atoms with Crippen molar-refractivity contribution in [1.82, 2.24) is 5.32 Å². The van der Waals surface area contributed by atoms with Crippen molar-refractivity contribution in [2.24, 2.45) is 22.9 Å². The Hall–Kier alpha value is -1.26. The van der Waals surface area contributed by atoms with Gasteiger partial charge in [0.25, 0.3) is 0 Å². The number of esters is 1. The molecule has 0 aromatic heterocycles. The van der Waals surface area contributed by atoms with Crippen LogP contribution < -0.4 is 5.32 Å². The number of ether oxygens (including phenoxy) is 1. The van der Waals surface area contributed by atoms with Crippen molar-refractivity contribution in [2.75, 3.05) is 20.2 Å². The van der Waals surface area contributed by atoms with E-state index in [2.05, 4.69) is 43.0 Å². The maximum absolute atomic E-state index is 11.8. The number of carbonyl (C=O) groups is 1. The van der Waals surface area contributed by atoms with Crippen LogP contribution in [0.5, 0.6) is 0 Å². The van der Waals surface area contributed by atoms with Crippen LogP contribution in [0.15, 0.2) is 5.11 Å². The normalized spacial score (nSPS) is 12.7. The Kier molecular flexibility index (Phi) is 8.16. The molecule has 18 heavy (non-hydrogen) atoms. The van der Waals surface area contributed by atoms with Crippen LogP contribution in [0.1, 0.15) is 27.7 Å². The fourth-order valence-corrected chi connectivity index (χ4v) is 2.36. The van der Waals surface area contributed by atoms with Gasteiger partial charge >= 0.3 is 5.97 Å².